The molecule has 0 spiro atoms. The fourth-order valence-electron chi connectivity index (χ4n) is 2.37. The Hall–Kier alpha value is -0.220. The number of nitrogens with one attached hydrogen (secondary N) is 1. The van der Waals surface area contributed by atoms with E-state index in [1.54, 1.807) is 11.8 Å². The molecule has 0 aliphatic heterocycles. The van der Waals surface area contributed by atoms with Gasteiger partial charge in [-0.1, -0.05) is 19.3 Å². The first-order chi connectivity index (χ1) is 7.56. The molecule has 0 bridgehead atoms. The highest BCUT2D eigenvalue weighted by Gasteiger charge is 2.30. The van der Waals surface area contributed by atoms with Crippen molar-refractivity contribution < 1.29 is 4.79 Å². The molecule has 0 saturated heterocycles. The molecule has 4 heteroatoms. The molecular formula is C12H24N2OS. The molecule has 0 aromatic heterocycles. The summed E-state index contributed by atoms with van der Waals surface area (Å²) >= 11 is 1.75. The zero-order chi connectivity index (χ0) is 12.0. The van der Waals surface area contributed by atoms with Crippen LogP contribution in [0.15, 0.2) is 0 Å². The second-order valence-electron chi connectivity index (χ2n) is 5.02. The summed E-state index contributed by atoms with van der Waals surface area (Å²) in [6, 6.07) is 0.245. The fraction of sp³-hybridized carbons (Fsp3) is 0.917. The molecule has 0 radical (unpaired) electrons. The van der Waals surface area contributed by atoms with E-state index in [1.165, 1.54) is 19.3 Å². The first-order valence-electron chi connectivity index (χ1n) is 6.13. The van der Waals surface area contributed by atoms with Gasteiger partial charge < -0.3 is 11.1 Å². The maximum atomic E-state index is 11.8. The van der Waals surface area contributed by atoms with Crippen molar-refractivity contribution in [1.82, 2.24) is 5.32 Å². The van der Waals surface area contributed by atoms with E-state index in [1.807, 2.05) is 13.2 Å². The van der Waals surface area contributed by atoms with Crippen LogP contribution in [0, 0.1) is 0 Å². The molecule has 1 fully saturated rings. The highest BCUT2D eigenvalue weighted by Crippen LogP contribution is 2.28. The smallest absolute Gasteiger partial charge is 0.222 e. The Morgan fingerprint density at radius 1 is 1.44 bits per heavy atom. The van der Waals surface area contributed by atoms with E-state index in [0.29, 0.717) is 6.42 Å². The van der Waals surface area contributed by atoms with Gasteiger partial charge in [-0.25, -0.2) is 0 Å². The number of carbonyl (C=O) groups is 1. The molecule has 94 valence electrons. The van der Waals surface area contributed by atoms with Crippen molar-refractivity contribution in [1.29, 1.82) is 0 Å². The van der Waals surface area contributed by atoms with Gasteiger partial charge in [-0.3, -0.25) is 4.79 Å². The van der Waals surface area contributed by atoms with Crippen molar-refractivity contribution in [2.75, 3.05) is 12.0 Å². The van der Waals surface area contributed by atoms with Gasteiger partial charge in [0.25, 0.3) is 0 Å². The zero-order valence-corrected chi connectivity index (χ0v) is 11.2. The molecule has 1 aliphatic carbocycles. The number of rotatable bonds is 5. The SMILES string of the molecule is CSCC(C)NC(=O)CC1(N)CCCCC1. The highest BCUT2D eigenvalue weighted by molar-refractivity contribution is 7.98. The maximum Gasteiger partial charge on any atom is 0.222 e. The molecule has 1 aliphatic rings. The molecule has 0 aromatic carbocycles. The van der Waals surface area contributed by atoms with Crippen molar-refractivity contribution >= 4 is 17.7 Å². The van der Waals surface area contributed by atoms with Crippen LogP contribution in [-0.2, 0) is 4.79 Å². The van der Waals surface area contributed by atoms with Crippen LogP contribution >= 0.6 is 11.8 Å². The Bertz CT molecular complexity index is 227. The molecular weight excluding hydrogens is 220 g/mol. The fourth-order valence-corrected chi connectivity index (χ4v) is 2.95. The van der Waals surface area contributed by atoms with E-state index >= 15 is 0 Å². The minimum absolute atomic E-state index is 0.117. The molecule has 1 unspecified atom stereocenters. The summed E-state index contributed by atoms with van der Waals surface area (Å²) < 4.78 is 0. The molecule has 0 heterocycles. The summed E-state index contributed by atoms with van der Waals surface area (Å²) in [7, 11) is 0. The van der Waals surface area contributed by atoms with Crippen molar-refractivity contribution in [3.8, 4) is 0 Å². The highest BCUT2D eigenvalue weighted by atomic mass is 32.2. The molecule has 0 aromatic rings. The summed E-state index contributed by atoms with van der Waals surface area (Å²) in [5, 5.41) is 3.01. The second-order valence-corrected chi connectivity index (χ2v) is 5.93. The molecule has 1 amide bonds. The van der Waals surface area contributed by atoms with Crippen LogP contribution in [-0.4, -0.2) is 29.5 Å². The lowest BCUT2D eigenvalue weighted by Gasteiger charge is -2.33. The van der Waals surface area contributed by atoms with E-state index in [9.17, 15) is 4.79 Å². The van der Waals surface area contributed by atoms with Crippen LogP contribution in [0.25, 0.3) is 0 Å². The van der Waals surface area contributed by atoms with Gasteiger partial charge in [-0.05, 0) is 26.0 Å². The van der Waals surface area contributed by atoms with Gasteiger partial charge in [-0.15, -0.1) is 0 Å². The Labute approximate surface area is 103 Å². The lowest BCUT2D eigenvalue weighted by Crippen LogP contribution is -2.47. The Morgan fingerprint density at radius 3 is 2.62 bits per heavy atom. The Balaban J connectivity index is 2.32. The van der Waals surface area contributed by atoms with E-state index in [0.717, 1.165) is 18.6 Å². The number of hydrogen-bond acceptors (Lipinski definition) is 3. The van der Waals surface area contributed by atoms with Gasteiger partial charge in [0.15, 0.2) is 0 Å². The van der Waals surface area contributed by atoms with Gasteiger partial charge in [-0.2, -0.15) is 11.8 Å². The van der Waals surface area contributed by atoms with Gasteiger partial charge in [0.2, 0.25) is 5.91 Å². The minimum atomic E-state index is -0.235. The monoisotopic (exact) mass is 244 g/mol. The predicted molar refractivity (Wildman–Crippen MR) is 70.6 cm³/mol. The van der Waals surface area contributed by atoms with Gasteiger partial charge in [0.1, 0.15) is 0 Å². The van der Waals surface area contributed by atoms with Gasteiger partial charge in [0.05, 0.1) is 0 Å². The summed E-state index contributed by atoms with van der Waals surface area (Å²) in [5.41, 5.74) is 6.01. The van der Waals surface area contributed by atoms with Crippen molar-refractivity contribution in [2.45, 2.75) is 57.0 Å². The third-order valence-electron chi connectivity index (χ3n) is 3.19. The molecule has 3 nitrogen and oxygen atoms in total. The lowest BCUT2D eigenvalue weighted by atomic mass is 9.80. The largest absolute Gasteiger partial charge is 0.353 e. The first kappa shape index (κ1) is 13.8. The van der Waals surface area contributed by atoms with Gasteiger partial charge >= 0.3 is 0 Å². The summed E-state index contributed by atoms with van der Waals surface area (Å²) in [6.07, 6.45) is 8.15. The molecule has 1 rings (SSSR count). The average molecular weight is 244 g/mol. The molecule has 3 N–H and O–H groups in total. The summed E-state index contributed by atoms with van der Waals surface area (Å²) in [6.45, 7) is 2.04. The van der Waals surface area contributed by atoms with Crippen molar-refractivity contribution in [2.24, 2.45) is 5.73 Å². The van der Waals surface area contributed by atoms with Crippen LogP contribution in [0.3, 0.4) is 0 Å². The number of thioether (sulfide) groups is 1. The number of hydrogen-bond donors (Lipinski definition) is 2. The quantitative estimate of drug-likeness (QED) is 0.776. The predicted octanol–water partition coefficient (Wildman–Crippen LogP) is 1.91. The number of carbonyl (C=O) groups excluding carboxylic acids is 1. The number of nitrogens with two attached hydrogens (primary N) is 1. The lowest BCUT2D eigenvalue weighted by molar-refractivity contribution is -0.123. The minimum Gasteiger partial charge on any atom is -0.353 e. The van der Waals surface area contributed by atoms with E-state index in [-0.39, 0.29) is 17.5 Å². The van der Waals surface area contributed by atoms with Crippen LogP contribution in [0.5, 0.6) is 0 Å². The standard InChI is InChI=1S/C12H24N2OS/c1-10(9-16-2)14-11(15)8-12(13)6-4-3-5-7-12/h10H,3-9,13H2,1-2H3,(H,14,15). The molecule has 1 saturated carbocycles. The average Bonchev–Trinajstić information content (AvgIpc) is 2.17. The Kier molecular flexibility index (Phi) is 5.62. The third kappa shape index (κ3) is 4.74. The first-order valence-corrected chi connectivity index (χ1v) is 7.52. The van der Waals surface area contributed by atoms with Crippen LogP contribution in [0.1, 0.15) is 45.4 Å². The van der Waals surface area contributed by atoms with E-state index in [4.69, 9.17) is 5.73 Å². The van der Waals surface area contributed by atoms with Gasteiger partial charge in [0, 0.05) is 23.8 Å². The summed E-state index contributed by atoms with van der Waals surface area (Å²) in [4.78, 5) is 11.8. The van der Waals surface area contributed by atoms with Crippen LogP contribution in [0.2, 0.25) is 0 Å². The van der Waals surface area contributed by atoms with E-state index < -0.39 is 0 Å². The zero-order valence-electron chi connectivity index (χ0n) is 10.4. The topological polar surface area (TPSA) is 55.1 Å². The van der Waals surface area contributed by atoms with E-state index in [2.05, 4.69) is 5.32 Å². The van der Waals surface area contributed by atoms with Crippen LogP contribution in [0.4, 0.5) is 0 Å². The maximum absolute atomic E-state index is 11.8. The molecule has 1 atom stereocenters. The van der Waals surface area contributed by atoms with Crippen molar-refractivity contribution in [3.63, 3.8) is 0 Å². The number of amides is 1. The summed E-state index contributed by atoms with van der Waals surface area (Å²) in [5.74, 6) is 1.08. The normalized spacial score (nSPS) is 21.4. The molecule has 16 heavy (non-hydrogen) atoms. The Morgan fingerprint density at radius 2 is 2.06 bits per heavy atom. The third-order valence-corrected chi connectivity index (χ3v) is 4.02. The van der Waals surface area contributed by atoms with Crippen LogP contribution < -0.4 is 11.1 Å². The van der Waals surface area contributed by atoms with Crippen molar-refractivity contribution in [3.05, 3.63) is 0 Å². The second kappa shape index (κ2) is 6.50.